The predicted molar refractivity (Wildman–Crippen MR) is 68.5 cm³/mol. The van der Waals surface area contributed by atoms with Gasteiger partial charge in [0.1, 0.15) is 12.0 Å². The quantitative estimate of drug-likeness (QED) is 0.871. The number of hydrogen-bond acceptors (Lipinski definition) is 4. The molecule has 1 heterocycles. The van der Waals surface area contributed by atoms with Crippen molar-refractivity contribution < 1.29 is 9.15 Å². The summed E-state index contributed by atoms with van der Waals surface area (Å²) in [4.78, 5) is 11.6. The summed E-state index contributed by atoms with van der Waals surface area (Å²) in [5, 5.41) is 0. The van der Waals surface area contributed by atoms with E-state index < -0.39 is 0 Å². The molecule has 0 saturated heterocycles. The van der Waals surface area contributed by atoms with E-state index in [1.54, 1.807) is 0 Å². The van der Waals surface area contributed by atoms with Crippen LogP contribution in [0.1, 0.15) is 11.3 Å². The van der Waals surface area contributed by atoms with Gasteiger partial charge >= 0.3 is 0 Å². The molecule has 0 spiro atoms. The van der Waals surface area contributed by atoms with E-state index in [0.717, 1.165) is 6.42 Å². The maximum absolute atomic E-state index is 11.6. The molecule has 0 aliphatic rings. The summed E-state index contributed by atoms with van der Waals surface area (Å²) >= 11 is 0. The lowest BCUT2D eigenvalue weighted by Crippen LogP contribution is -2.11. The average Bonchev–Trinajstić information content (AvgIpc) is 2.42. The fraction of sp³-hybridized carbons (Fsp3) is 0.214. The van der Waals surface area contributed by atoms with E-state index in [1.165, 1.54) is 17.9 Å². The lowest BCUT2D eigenvalue weighted by molar-refractivity contribution is 0.304. The molecule has 0 unspecified atom stereocenters. The van der Waals surface area contributed by atoms with Gasteiger partial charge in [-0.25, -0.2) is 0 Å². The maximum atomic E-state index is 11.6. The Kier molecular flexibility index (Phi) is 4.15. The van der Waals surface area contributed by atoms with Gasteiger partial charge in [0.2, 0.25) is 11.2 Å². The van der Waals surface area contributed by atoms with E-state index in [2.05, 4.69) is 0 Å². The zero-order chi connectivity index (χ0) is 12.8. The van der Waals surface area contributed by atoms with Gasteiger partial charge in [0, 0.05) is 12.5 Å². The largest absolute Gasteiger partial charge is 0.486 e. The van der Waals surface area contributed by atoms with Crippen LogP contribution in [0.5, 0.6) is 5.75 Å². The van der Waals surface area contributed by atoms with Crippen LogP contribution >= 0.6 is 0 Å². The molecule has 94 valence electrons. The second-order valence-corrected chi connectivity index (χ2v) is 3.86. The van der Waals surface area contributed by atoms with Crippen LogP contribution in [0.15, 0.2) is 51.9 Å². The molecule has 0 aliphatic heterocycles. The molecule has 2 rings (SSSR count). The lowest BCUT2D eigenvalue weighted by Gasteiger charge is -2.05. The zero-order valence-corrected chi connectivity index (χ0v) is 9.96. The molecule has 2 aromatic rings. The number of ether oxygens (including phenoxy) is 1. The topological polar surface area (TPSA) is 65.5 Å². The van der Waals surface area contributed by atoms with Crippen molar-refractivity contribution in [1.29, 1.82) is 0 Å². The molecule has 18 heavy (non-hydrogen) atoms. The van der Waals surface area contributed by atoms with Gasteiger partial charge in [-0.15, -0.1) is 0 Å². The van der Waals surface area contributed by atoms with Crippen molar-refractivity contribution in [3.63, 3.8) is 0 Å². The molecule has 0 aliphatic carbocycles. The van der Waals surface area contributed by atoms with Crippen LogP contribution in [0.2, 0.25) is 0 Å². The van der Waals surface area contributed by atoms with E-state index in [0.29, 0.717) is 12.4 Å². The van der Waals surface area contributed by atoms with Gasteiger partial charge in [0.15, 0.2) is 0 Å². The average molecular weight is 245 g/mol. The second kappa shape index (κ2) is 6.02. The lowest BCUT2D eigenvalue weighted by atomic mass is 10.2. The minimum Gasteiger partial charge on any atom is -0.486 e. The molecule has 1 aromatic heterocycles. The van der Waals surface area contributed by atoms with Crippen LogP contribution in [0.3, 0.4) is 0 Å². The van der Waals surface area contributed by atoms with E-state index in [4.69, 9.17) is 14.9 Å². The first-order valence-electron chi connectivity index (χ1n) is 5.78. The van der Waals surface area contributed by atoms with E-state index in [9.17, 15) is 4.79 Å². The number of benzene rings is 1. The van der Waals surface area contributed by atoms with Crippen molar-refractivity contribution in [2.75, 3.05) is 6.61 Å². The normalized spacial score (nSPS) is 10.3. The van der Waals surface area contributed by atoms with Crippen molar-refractivity contribution in [2.24, 2.45) is 5.73 Å². The summed E-state index contributed by atoms with van der Waals surface area (Å²) < 4.78 is 10.5. The maximum Gasteiger partial charge on any atom is 0.227 e. The first-order chi connectivity index (χ1) is 8.79. The first-order valence-corrected chi connectivity index (χ1v) is 5.78. The fourth-order valence-corrected chi connectivity index (χ4v) is 1.57. The summed E-state index contributed by atoms with van der Waals surface area (Å²) in [5.41, 5.74) is 6.34. The Morgan fingerprint density at radius 3 is 2.67 bits per heavy atom. The van der Waals surface area contributed by atoms with Crippen LogP contribution in [0, 0.1) is 0 Å². The number of hydrogen-bond donors (Lipinski definition) is 1. The Hall–Kier alpha value is -2.07. The molecular formula is C14H15NO3. The van der Waals surface area contributed by atoms with Gasteiger partial charge in [-0.3, -0.25) is 4.79 Å². The van der Waals surface area contributed by atoms with Crippen LogP contribution in [0.25, 0.3) is 0 Å². The van der Waals surface area contributed by atoms with E-state index >= 15 is 0 Å². The Morgan fingerprint density at radius 1 is 1.22 bits per heavy atom. The standard InChI is InChI=1S/C14H15NO3/c15-9-12-8-13(16)14(10-18-12)17-7-6-11-4-2-1-3-5-11/h1-5,8,10H,6-7,9,15H2. The van der Waals surface area contributed by atoms with E-state index in [-0.39, 0.29) is 17.7 Å². The Bertz CT molecular complexity index is 548. The molecule has 0 amide bonds. The van der Waals surface area contributed by atoms with Crippen molar-refractivity contribution in [1.82, 2.24) is 0 Å². The summed E-state index contributed by atoms with van der Waals surface area (Å²) in [6, 6.07) is 11.3. The van der Waals surface area contributed by atoms with Gasteiger partial charge < -0.3 is 14.9 Å². The zero-order valence-electron chi connectivity index (χ0n) is 9.96. The highest BCUT2D eigenvalue weighted by atomic mass is 16.5. The molecule has 4 nitrogen and oxygen atoms in total. The summed E-state index contributed by atoms with van der Waals surface area (Å²) in [7, 11) is 0. The molecule has 0 radical (unpaired) electrons. The van der Waals surface area contributed by atoms with Crippen molar-refractivity contribution >= 4 is 0 Å². The monoisotopic (exact) mass is 245 g/mol. The summed E-state index contributed by atoms with van der Waals surface area (Å²) in [6.45, 7) is 0.649. The van der Waals surface area contributed by atoms with E-state index in [1.807, 2.05) is 30.3 Å². The van der Waals surface area contributed by atoms with Gasteiger partial charge in [0.25, 0.3) is 0 Å². The highest BCUT2D eigenvalue weighted by Crippen LogP contribution is 2.06. The van der Waals surface area contributed by atoms with Crippen LogP contribution in [-0.4, -0.2) is 6.61 Å². The van der Waals surface area contributed by atoms with Crippen molar-refractivity contribution in [3.8, 4) is 5.75 Å². The van der Waals surface area contributed by atoms with Crippen LogP contribution < -0.4 is 15.9 Å². The SMILES string of the molecule is NCc1cc(=O)c(OCCc2ccccc2)co1. The Morgan fingerprint density at radius 2 is 2.00 bits per heavy atom. The molecule has 0 saturated carbocycles. The molecule has 0 atom stereocenters. The molecule has 0 fully saturated rings. The second-order valence-electron chi connectivity index (χ2n) is 3.86. The third kappa shape index (κ3) is 3.21. The minimum atomic E-state index is -0.199. The van der Waals surface area contributed by atoms with Crippen molar-refractivity contribution in [3.05, 3.63) is 64.2 Å². The van der Waals surface area contributed by atoms with Gasteiger partial charge in [-0.1, -0.05) is 30.3 Å². The van der Waals surface area contributed by atoms with Crippen molar-refractivity contribution in [2.45, 2.75) is 13.0 Å². The highest BCUT2D eigenvalue weighted by molar-refractivity contribution is 5.18. The third-order valence-corrected chi connectivity index (χ3v) is 2.54. The molecule has 0 bridgehead atoms. The fourth-order valence-electron chi connectivity index (χ4n) is 1.57. The third-order valence-electron chi connectivity index (χ3n) is 2.54. The molecule has 1 aromatic carbocycles. The van der Waals surface area contributed by atoms with Gasteiger partial charge in [-0.2, -0.15) is 0 Å². The molecule has 4 heteroatoms. The summed E-state index contributed by atoms with van der Waals surface area (Å²) in [6.07, 6.45) is 2.06. The number of nitrogens with two attached hydrogens (primary N) is 1. The smallest absolute Gasteiger partial charge is 0.227 e. The highest BCUT2D eigenvalue weighted by Gasteiger charge is 2.03. The Balaban J connectivity index is 1.93. The predicted octanol–water partition coefficient (Wildman–Crippen LogP) is 1.72. The van der Waals surface area contributed by atoms with Gasteiger partial charge in [0.05, 0.1) is 13.2 Å². The summed E-state index contributed by atoms with van der Waals surface area (Å²) in [5.74, 6) is 0.679. The molecule has 2 N–H and O–H groups in total. The molecular weight excluding hydrogens is 230 g/mol. The minimum absolute atomic E-state index is 0.199. The first kappa shape index (κ1) is 12.4. The van der Waals surface area contributed by atoms with Gasteiger partial charge in [-0.05, 0) is 5.56 Å². The van der Waals surface area contributed by atoms with Crippen LogP contribution in [0.4, 0.5) is 0 Å². The Labute approximate surface area is 105 Å². The number of rotatable bonds is 5. The van der Waals surface area contributed by atoms with Crippen LogP contribution in [-0.2, 0) is 13.0 Å².